The smallest absolute Gasteiger partial charge is 0.143 e. The van der Waals surface area contributed by atoms with Crippen molar-refractivity contribution in [1.29, 1.82) is 0 Å². The average Bonchev–Trinajstić information content (AvgIpc) is 3.57. The number of H-pyrrole nitrogens is 2. The largest absolute Gasteiger partial charge is 0.356 e. The first-order valence-electron chi connectivity index (χ1n) is 11.2. The van der Waals surface area contributed by atoms with E-state index in [1.54, 1.807) is 29.8 Å². The van der Waals surface area contributed by atoms with Gasteiger partial charge in [-0.3, -0.25) is 0 Å². The van der Waals surface area contributed by atoms with Crippen molar-refractivity contribution < 1.29 is 4.39 Å². The zero-order valence-electron chi connectivity index (χ0n) is 18.5. The maximum Gasteiger partial charge on any atom is 0.143 e. The van der Waals surface area contributed by atoms with Gasteiger partial charge < -0.3 is 14.9 Å². The normalized spacial score (nSPS) is 14.9. The summed E-state index contributed by atoms with van der Waals surface area (Å²) < 4.78 is 14.1. The summed E-state index contributed by atoms with van der Waals surface area (Å²) in [5.74, 6) is 2.10. The lowest BCUT2D eigenvalue weighted by molar-refractivity contribution is 0.487. The Morgan fingerprint density at radius 1 is 1.06 bits per heavy atom. The Kier molecular flexibility index (Phi) is 5.34. The van der Waals surface area contributed by atoms with Gasteiger partial charge in [0.15, 0.2) is 0 Å². The van der Waals surface area contributed by atoms with E-state index in [0.717, 1.165) is 80.5 Å². The van der Waals surface area contributed by atoms with Crippen molar-refractivity contribution in [2.45, 2.75) is 25.7 Å². The summed E-state index contributed by atoms with van der Waals surface area (Å²) >= 11 is 7.69. The predicted octanol–water partition coefficient (Wildman–Crippen LogP) is 6.56. The molecular formula is C25H22ClFN6S. The molecule has 4 aromatic heterocycles. The molecule has 0 unspecified atom stereocenters. The molecule has 9 heteroatoms. The van der Waals surface area contributed by atoms with E-state index >= 15 is 0 Å². The molecule has 1 aromatic carbocycles. The van der Waals surface area contributed by atoms with Crippen LogP contribution in [0.4, 0.5) is 10.2 Å². The number of aryl methyl sites for hydroxylation is 1. The second-order valence-electron chi connectivity index (χ2n) is 8.60. The Hall–Kier alpha value is -3.23. The van der Waals surface area contributed by atoms with E-state index in [4.69, 9.17) is 16.6 Å². The minimum Gasteiger partial charge on any atom is -0.356 e. The van der Waals surface area contributed by atoms with E-state index < -0.39 is 0 Å². The van der Waals surface area contributed by atoms with Gasteiger partial charge >= 0.3 is 0 Å². The summed E-state index contributed by atoms with van der Waals surface area (Å²) in [4.78, 5) is 24.2. The van der Waals surface area contributed by atoms with Crippen LogP contribution in [-0.2, 0) is 0 Å². The SMILES string of the molecule is Cc1nc(C2CCN(c3ncnc4[nH]c(-c5ccc(F)cc5)cc34)CC2)[nH]c1-c1ccc(Cl)s1. The summed E-state index contributed by atoms with van der Waals surface area (Å²) in [6.45, 7) is 3.81. The van der Waals surface area contributed by atoms with Gasteiger partial charge in [-0.25, -0.2) is 19.3 Å². The van der Waals surface area contributed by atoms with E-state index in [1.165, 1.54) is 12.1 Å². The minimum atomic E-state index is -0.249. The Labute approximate surface area is 204 Å². The number of rotatable bonds is 4. The Morgan fingerprint density at radius 3 is 2.59 bits per heavy atom. The fourth-order valence-electron chi connectivity index (χ4n) is 4.69. The van der Waals surface area contributed by atoms with Crippen molar-refractivity contribution in [3.63, 3.8) is 0 Å². The molecule has 1 fully saturated rings. The summed E-state index contributed by atoms with van der Waals surface area (Å²) in [7, 11) is 0. The van der Waals surface area contributed by atoms with Crippen LogP contribution in [0, 0.1) is 12.7 Å². The molecule has 0 saturated carbocycles. The molecule has 2 N–H and O–H groups in total. The quantitative estimate of drug-likeness (QED) is 0.298. The summed E-state index contributed by atoms with van der Waals surface area (Å²) in [5, 5.41) is 0.978. The van der Waals surface area contributed by atoms with Gasteiger partial charge in [0.25, 0.3) is 0 Å². The van der Waals surface area contributed by atoms with E-state index in [-0.39, 0.29) is 5.82 Å². The van der Waals surface area contributed by atoms with Crippen molar-refractivity contribution in [2.75, 3.05) is 18.0 Å². The van der Waals surface area contributed by atoms with Gasteiger partial charge in [-0.1, -0.05) is 11.6 Å². The highest BCUT2D eigenvalue weighted by molar-refractivity contribution is 7.19. The number of aromatic nitrogens is 5. The van der Waals surface area contributed by atoms with Crippen molar-refractivity contribution in [2.24, 2.45) is 0 Å². The van der Waals surface area contributed by atoms with Gasteiger partial charge in [-0.2, -0.15) is 0 Å². The van der Waals surface area contributed by atoms with Crippen LogP contribution in [0.25, 0.3) is 32.9 Å². The third-order valence-corrected chi connectivity index (χ3v) is 7.71. The topological polar surface area (TPSA) is 73.5 Å². The van der Waals surface area contributed by atoms with Crippen molar-refractivity contribution in [1.82, 2.24) is 24.9 Å². The molecule has 34 heavy (non-hydrogen) atoms. The fraction of sp³-hybridized carbons (Fsp3) is 0.240. The predicted molar refractivity (Wildman–Crippen MR) is 135 cm³/mol. The van der Waals surface area contributed by atoms with Crippen LogP contribution in [0.15, 0.2) is 48.8 Å². The molecule has 0 atom stereocenters. The number of fused-ring (bicyclic) bond motifs is 1. The zero-order valence-corrected chi connectivity index (χ0v) is 20.1. The second-order valence-corrected chi connectivity index (χ2v) is 10.3. The highest BCUT2D eigenvalue weighted by atomic mass is 35.5. The Morgan fingerprint density at radius 2 is 1.85 bits per heavy atom. The van der Waals surface area contributed by atoms with Gasteiger partial charge in [0.2, 0.25) is 0 Å². The number of nitrogens with one attached hydrogen (secondary N) is 2. The molecule has 0 bridgehead atoms. The third kappa shape index (κ3) is 3.86. The van der Waals surface area contributed by atoms with E-state index in [2.05, 4.69) is 30.9 Å². The lowest BCUT2D eigenvalue weighted by atomic mass is 9.96. The molecule has 0 amide bonds. The van der Waals surface area contributed by atoms with Crippen LogP contribution in [0.5, 0.6) is 0 Å². The van der Waals surface area contributed by atoms with Crippen molar-refractivity contribution in [3.8, 4) is 21.8 Å². The van der Waals surface area contributed by atoms with E-state index in [1.807, 2.05) is 19.1 Å². The van der Waals surface area contributed by atoms with Crippen LogP contribution < -0.4 is 4.90 Å². The van der Waals surface area contributed by atoms with Gasteiger partial charge in [-0.15, -0.1) is 11.3 Å². The molecule has 0 radical (unpaired) electrons. The molecule has 5 aromatic rings. The number of thiophene rings is 1. The lowest BCUT2D eigenvalue weighted by Gasteiger charge is -2.32. The van der Waals surface area contributed by atoms with Gasteiger partial charge in [-0.05, 0) is 67.8 Å². The van der Waals surface area contributed by atoms with E-state index in [0.29, 0.717) is 5.92 Å². The number of nitrogens with zero attached hydrogens (tertiary/aromatic N) is 4. The molecular weight excluding hydrogens is 471 g/mol. The monoisotopic (exact) mass is 492 g/mol. The maximum atomic E-state index is 13.3. The molecule has 1 saturated heterocycles. The first-order chi connectivity index (χ1) is 16.5. The number of hydrogen-bond donors (Lipinski definition) is 2. The van der Waals surface area contributed by atoms with Crippen LogP contribution in [0.1, 0.15) is 30.3 Å². The van der Waals surface area contributed by atoms with Crippen LogP contribution in [0.2, 0.25) is 4.34 Å². The Bertz CT molecular complexity index is 1460. The average molecular weight is 493 g/mol. The number of hydrogen-bond acceptors (Lipinski definition) is 5. The van der Waals surface area contributed by atoms with Crippen molar-refractivity contribution >= 4 is 39.8 Å². The highest BCUT2D eigenvalue weighted by Crippen LogP contribution is 2.36. The van der Waals surface area contributed by atoms with Gasteiger partial charge in [0.1, 0.15) is 29.4 Å². The zero-order chi connectivity index (χ0) is 23.2. The highest BCUT2D eigenvalue weighted by Gasteiger charge is 2.26. The molecule has 1 aliphatic rings. The maximum absolute atomic E-state index is 13.3. The van der Waals surface area contributed by atoms with Gasteiger partial charge in [0.05, 0.1) is 26.0 Å². The first kappa shape index (κ1) is 21.3. The number of piperidine rings is 1. The summed E-state index contributed by atoms with van der Waals surface area (Å²) in [6.07, 6.45) is 3.57. The third-order valence-electron chi connectivity index (χ3n) is 6.46. The number of imidazole rings is 1. The fourth-order valence-corrected chi connectivity index (χ4v) is 5.79. The number of aromatic amines is 2. The van der Waals surface area contributed by atoms with Crippen LogP contribution in [0.3, 0.4) is 0 Å². The lowest BCUT2D eigenvalue weighted by Crippen LogP contribution is -2.33. The standard InChI is InChI=1S/C25H22ClFN6S/c1-14-22(20-6-7-21(26)34-20)32-23(30-14)16-8-10-33(11-9-16)25-18-12-19(31-24(18)28-13-29-25)15-2-4-17(27)5-3-15/h2-7,12-13,16H,8-11H2,1H3,(H,30,32)(H,28,29,31). The van der Waals surface area contributed by atoms with Crippen molar-refractivity contribution in [3.05, 3.63) is 70.5 Å². The minimum absolute atomic E-state index is 0.249. The van der Waals surface area contributed by atoms with Crippen LogP contribution >= 0.6 is 22.9 Å². The molecule has 1 aliphatic heterocycles. The van der Waals surface area contributed by atoms with Gasteiger partial charge in [0, 0.05) is 24.7 Å². The molecule has 6 rings (SSSR count). The number of anilines is 1. The molecule has 6 nitrogen and oxygen atoms in total. The number of halogens is 2. The molecule has 0 aliphatic carbocycles. The van der Waals surface area contributed by atoms with E-state index in [9.17, 15) is 4.39 Å². The number of benzene rings is 1. The van der Waals surface area contributed by atoms with Crippen LogP contribution in [-0.4, -0.2) is 38.0 Å². The first-order valence-corrected chi connectivity index (χ1v) is 12.4. The molecule has 172 valence electrons. The Balaban J connectivity index is 1.22. The second kappa shape index (κ2) is 8.52. The molecule has 0 spiro atoms. The molecule has 5 heterocycles. The summed E-state index contributed by atoms with van der Waals surface area (Å²) in [6, 6.07) is 12.5. The summed E-state index contributed by atoms with van der Waals surface area (Å²) in [5.41, 5.74) is 4.67.